The maximum absolute atomic E-state index is 14.0. The van der Waals surface area contributed by atoms with Gasteiger partial charge in [0, 0.05) is 11.5 Å². The van der Waals surface area contributed by atoms with Gasteiger partial charge in [0.05, 0.1) is 19.8 Å². The van der Waals surface area contributed by atoms with Crippen molar-refractivity contribution in [3.63, 3.8) is 0 Å². The molecule has 0 amide bonds. The van der Waals surface area contributed by atoms with Gasteiger partial charge in [-0.1, -0.05) is 79.1 Å². The van der Waals surface area contributed by atoms with Crippen LogP contribution in [0, 0.1) is 35.0 Å². The molecule has 0 aliphatic rings. The first-order valence-electron chi connectivity index (χ1n) is 14.7. The van der Waals surface area contributed by atoms with Crippen LogP contribution in [0.2, 0.25) is 0 Å². The van der Waals surface area contributed by atoms with Crippen molar-refractivity contribution in [2.24, 2.45) is 5.92 Å². The zero-order chi connectivity index (χ0) is 28.4. The minimum absolute atomic E-state index is 0.0347. The summed E-state index contributed by atoms with van der Waals surface area (Å²) >= 11 is 0. The highest BCUT2D eigenvalue weighted by Gasteiger charge is 2.42. The van der Waals surface area contributed by atoms with Gasteiger partial charge in [0.1, 0.15) is 0 Å². The number of ether oxygens (including phenoxy) is 3. The zero-order valence-corrected chi connectivity index (χ0v) is 23.9. The van der Waals surface area contributed by atoms with E-state index in [1.54, 1.807) is 0 Å². The van der Waals surface area contributed by atoms with E-state index in [2.05, 4.69) is 6.92 Å². The van der Waals surface area contributed by atoms with E-state index >= 15 is 0 Å². The van der Waals surface area contributed by atoms with E-state index in [9.17, 15) is 22.0 Å². The first-order valence-corrected chi connectivity index (χ1v) is 14.7. The van der Waals surface area contributed by atoms with Crippen molar-refractivity contribution in [1.82, 2.24) is 0 Å². The van der Waals surface area contributed by atoms with Crippen LogP contribution in [-0.4, -0.2) is 25.8 Å². The predicted molar refractivity (Wildman–Crippen MR) is 141 cm³/mol. The van der Waals surface area contributed by atoms with E-state index in [1.807, 2.05) is 20.8 Å². The second-order valence-electron chi connectivity index (χ2n) is 10.1. The minimum Gasteiger partial charge on any atom is -0.327 e. The first kappa shape index (κ1) is 34.8. The Labute approximate surface area is 226 Å². The maximum Gasteiger partial charge on any atom is 0.285 e. The molecule has 0 spiro atoms. The molecule has 1 atom stereocenters. The molecule has 1 aromatic carbocycles. The molecule has 1 rings (SSSR count). The third-order valence-electron chi connectivity index (χ3n) is 6.71. The second-order valence-corrected chi connectivity index (χ2v) is 10.1. The molecule has 0 bridgehead atoms. The molecule has 0 aliphatic heterocycles. The normalized spacial score (nSPS) is 12.9. The van der Waals surface area contributed by atoms with Gasteiger partial charge in [0.25, 0.3) is 5.97 Å². The molecule has 1 unspecified atom stereocenters. The average molecular weight is 553 g/mol. The van der Waals surface area contributed by atoms with Gasteiger partial charge in [-0.3, -0.25) is 0 Å². The molecule has 1 aromatic rings. The van der Waals surface area contributed by atoms with E-state index in [4.69, 9.17) is 14.2 Å². The molecule has 0 saturated heterocycles. The predicted octanol–water partition coefficient (Wildman–Crippen LogP) is 9.79. The quantitative estimate of drug-likeness (QED) is 0.0445. The smallest absolute Gasteiger partial charge is 0.285 e. The van der Waals surface area contributed by atoms with Gasteiger partial charge in [-0.25, -0.2) is 22.0 Å². The van der Waals surface area contributed by atoms with E-state index in [0.29, 0.717) is 45.5 Å². The van der Waals surface area contributed by atoms with E-state index in [0.717, 1.165) is 38.5 Å². The minimum atomic E-state index is -2.12. The van der Waals surface area contributed by atoms with Crippen LogP contribution >= 0.6 is 0 Å². The molecule has 38 heavy (non-hydrogen) atoms. The maximum atomic E-state index is 14.0. The molecule has 0 aliphatic carbocycles. The molecule has 3 nitrogen and oxygen atoms in total. The van der Waals surface area contributed by atoms with Crippen molar-refractivity contribution in [3.8, 4) is 0 Å². The van der Waals surface area contributed by atoms with Crippen molar-refractivity contribution in [3.05, 3.63) is 34.6 Å². The molecular weight excluding hydrogens is 503 g/mol. The summed E-state index contributed by atoms with van der Waals surface area (Å²) in [6.07, 6.45) is 12.3. The van der Waals surface area contributed by atoms with E-state index in [-0.39, 0.29) is 12.3 Å². The van der Waals surface area contributed by atoms with Crippen molar-refractivity contribution < 1.29 is 36.2 Å². The lowest BCUT2D eigenvalue weighted by molar-refractivity contribution is -0.406. The number of unbranched alkanes of at least 4 members (excludes halogenated alkanes) is 7. The second kappa shape index (κ2) is 19.8. The van der Waals surface area contributed by atoms with Gasteiger partial charge < -0.3 is 14.2 Å². The standard InChI is InChI=1S/C30H49F5O3/c1-5-9-10-11-12-14-17-23(30(36-20-6-2,37-21-7-3)38-22-8-4)18-15-13-16-19-24-25(31)27(33)29(35)28(34)26(24)32/h23H,5-22H2,1-4H3. The fraction of sp³-hybridized carbons (Fsp3) is 0.800. The largest absolute Gasteiger partial charge is 0.327 e. The highest BCUT2D eigenvalue weighted by atomic mass is 19.2. The average Bonchev–Trinajstić information content (AvgIpc) is 2.92. The molecule has 0 radical (unpaired) electrons. The van der Waals surface area contributed by atoms with Crippen LogP contribution < -0.4 is 0 Å². The van der Waals surface area contributed by atoms with Gasteiger partial charge in [-0.05, 0) is 44.9 Å². The number of hydrogen-bond donors (Lipinski definition) is 0. The van der Waals surface area contributed by atoms with Crippen LogP contribution in [0.4, 0.5) is 22.0 Å². The van der Waals surface area contributed by atoms with Crippen LogP contribution in [0.25, 0.3) is 0 Å². The summed E-state index contributed by atoms with van der Waals surface area (Å²) in [4.78, 5) is 0. The molecule has 222 valence electrons. The monoisotopic (exact) mass is 552 g/mol. The summed E-state index contributed by atoms with van der Waals surface area (Å²) < 4.78 is 87.3. The van der Waals surface area contributed by atoms with Crippen LogP contribution in [0.3, 0.4) is 0 Å². The summed E-state index contributed by atoms with van der Waals surface area (Å²) in [5.74, 6) is -10.6. The van der Waals surface area contributed by atoms with Crippen LogP contribution in [0.15, 0.2) is 0 Å². The lowest BCUT2D eigenvalue weighted by Crippen LogP contribution is -2.47. The topological polar surface area (TPSA) is 27.7 Å². The summed E-state index contributed by atoms with van der Waals surface area (Å²) in [5.41, 5.74) is -0.747. The molecule has 0 heterocycles. The van der Waals surface area contributed by atoms with Crippen molar-refractivity contribution >= 4 is 0 Å². The Morgan fingerprint density at radius 2 is 0.895 bits per heavy atom. The van der Waals surface area contributed by atoms with E-state index < -0.39 is 40.6 Å². The Kier molecular flexibility index (Phi) is 18.1. The Bertz CT molecular complexity index is 724. The summed E-state index contributed by atoms with van der Waals surface area (Å²) in [5, 5.41) is 0. The zero-order valence-electron chi connectivity index (χ0n) is 23.9. The van der Waals surface area contributed by atoms with Gasteiger partial charge in [-0.2, -0.15) is 0 Å². The number of hydrogen-bond acceptors (Lipinski definition) is 3. The van der Waals surface area contributed by atoms with Gasteiger partial charge in [0.2, 0.25) is 5.82 Å². The Balaban J connectivity index is 2.91. The Hall–Kier alpha value is -1.25. The number of halogens is 5. The van der Waals surface area contributed by atoms with E-state index in [1.165, 1.54) is 25.7 Å². The summed E-state index contributed by atoms with van der Waals surface area (Å²) in [6.45, 7) is 9.80. The van der Waals surface area contributed by atoms with Gasteiger partial charge in [-0.15, -0.1) is 0 Å². The Morgan fingerprint density at radius 3 is 1.34 bits per heavy atom. The fourth-order valence-electron chi connectivity index (χ4n) is 4.62. The molecule has 0 aromatic heterocycles. The lowest BCUT2D eigenvalue weighted by Gasteiger charge is -2.40. The SMILES string of the molecule is CCCCCCCCC(CCCCCc1c(F)c(F)c(F)c(F)c1F)C(OCCC)(OCCC)OCCC. The summed E-state index contributed by atoms with van der Waals surface area (Å²) in [6, 6.07) is 0. The van der Waals surface area contributed by atoms with Crippen molar-refractivity contribution in [2.75, 3.05) is 19.8 Å². The number of benzene rings is 1. The third kappa shape index (κ3) is 11.1. The fourth-order valence-corrected chi connectivity index (χ4v) is 4.62. The molecular formula is C30H49F5O3. The molecule has 0 saturated carbocycles. The highest BCUT2D eigenvalue weighted by Crippen LogP contribution is 2.35. The summed E-state index contributed by atoms with van der Waals surface area (Å²) in [7, 11) is 0. The van der Waals surface area contributed by atoms with Crippen LogP contribution in [-0.2, 0) is 20.6 Å². The van der Waals surface area contributed by atoms with Gasteiger partial charge in [0.15, 0.2) is 23.3 Å². The van der Waals surface area contributed by atoms with Crippen LogP contribution in [0.1, 0.15) is 123 Å². The van der Waals surface area contributed by atoms with Crippen molar-refractivity contribution in [2.45, 2.75) is 130 Å². The molecule has 0 fully saturated rings. The first-order chi connectivity index (χ1) is 18.3. The highest BCUT2D eigenvalue weighted by molar-refractivity contribution is 5.24. The third-order valence-corrected chi connectivity index (χ3v) is 6.71. The van der Waals surface area contributed by atoms with Gasteiger partial charge >= 0.3 is 0 Å². The Morgan fingerprint density at radius 1 is 0.500 bits per heavy atom. The lowest BCUT2D eigenvalue weighted by atomic mass is 9.91. The van der Waals surface area contributed by atoms with Crippen LogP contribution in [0.5, 0.6) is 0 Å². The number of rotatable bonds is 23. The molecule has 0 N–H and O–H groups in total. The van der Waals surface area contributed by atoms with Crippen molar-refractivity contribution in [1.29, 1.82) is 0 Å². The molecule has 8 heteroatoms.